The first kappa shape index (κ1) is 46.6. The molecule has 0 bridgehead atoms. The minimum absolute atomic E-state index is 0.0755. The first-order valence-corrected chi connectivity index (χ1v) is 15.7. The molecule has 272 valence electrons. The third kappa shape index (κ3) is 18.1. The molecule has 1 aliphatic rings. The van der Waals surface area contributed by atoms with Crippen molar-refractivity contribution in [1.82, 2.24) is 0 Å². The van der Waals surface area contributed by atoms with E-state index in [0.29, 0.717) is 54.6 Å². The summed E-state index contributed by atoms with van der Waals surface area (Å²) in [6, 6.07) is 12.3. The van der Waals surface area contributed by atoms with Crippen molar-refractivity contribution >= 4 is 13.6 Å². The fraction of sp³-hybridized carbons (Fsp3) is 0.514. The summed E-state index contributed by atoms with van der Waals surface area (Å²) in [7, 11) is 2.00. The average Bonchev–Trinajstić information content (AvgIpc) is 3.13. The van der Waals surface area contributed by atoms with Crippen LogP contribution in [0.4, 0.5) is 13.2 Å². The van der Waals surface area contributed by atoms with Crippen LogP contribution in [-0.4, -0.2) is 80.8 Å². The normalized spacial score (nSPS) is 15.0. The Morgan fingerprint density at radius 1 is 0.771 bits per heavy atom. The second kappa shape index (κ2) is 27.4. The Bertz CT molecular complexity index is 1120. The van der Waals surface area contributed by atoms with Gasteiger partial charge in [0, 0.05) is 39.5 Å². The van der Waals surface area contributed by atoms with E-state index in [1.165, 1.54) is 11.1 Å². The zero-order valence-electron chi connectivity index (χ0n) is 28.7. The number of aliphatic hydroxyl groups excluding tert-OH is 4. The van der Waals surface area contributed by atoms with Gasteiger partial charge in [-0.1, -0.05) is 38.3 Å². The highest BCUT2D eigenvalue weighted by atomic mass is 19.4. The number of halogens is 3. The largest absolute Gasteiger partial charge is 0.493 e. The molecule has 11 heteroatoms. The van der Waals surface area contributed by atoms with Gasteiger partial charge >= 0.3 is 6.18 Å². The van der Waals surface area contributed by atoms with Crippen LogP contribution in [0.2, 0.25) is 0 Å². The predicted molar refractivity (Wildman–Crippen MR) is 184 cm³/mol. The minimum Gasteiger partial charge on any atom is -0.493 e. The number of rotatable bonds is 15. The highest BCUT2D eigenvalue weighted by Gasteiger charge is 2.30. The van der Waals surface area contributed by atoms with E-state index in [2.05, 4.69) is 38.3 Å². The van der Waals surface area contributed by atoms with Crippen molar-refractivity contribution in [2.45, 2.75) is 76.8 Å². The van der Waals surface area contributed by atoms with Crippen molar-refractivity contribution < 1.29 is 52.7 Å². The molecule has 1 fully saturated rings. The molecule has 0 heterocycles. The topological polar surface area (TPSA) is 134 Å². The lowest BCUT2D eigenvalue weighted by atomic mass is 9.75. The molecule has 0 amide bonds. The molecule has 1 saturated carbocycles. The molecule has 0 spiro atoms. The fourth-order valence-corrected chi connectivity index (χ4v) is 5.31. The van der Waals surface area contributed by atoms with Crippen molar-refractivity contribution in [3.8, 4) is 22.6 Å². The molecule has 0 atom stereocenters. The van der Waals surface area contributed by atoms with Gasteiger partial charge < -0.3 is 39.5 Å². The maximum Gasteiger partial charge on any atom is 0.389 e. The first-order valence-electron chi connectivity index (χ1n) is 15.7. The second-order valence-corrected chi connectivity index (χ2v) is 10.8. The first-order chi connectivity index (χ1) is 23.1. The van der Waals surface area contributed by atoms with Crippen molar-refractivity contribution in [3.63, 3.8) is 0 Å². The molecule has 1 aliphatic carbocycles. The Morgan fingerprint density at radius 2 is 1.25 bits per heavy atom. The molecule has 0 aromatic heterocycles. The summed E-state index contributed by atoms with van der Waals surface area (Å²) in [5.74, 6) is 1.84. The van der Waals surface area contributed by atoms with Gasteiger partial charge in [0.05, 0.1) is 26.4 Å². The lowest BCUT2D eigenvalue weighted by Gasteiger charge is -2.30. The lowest BCUT2D eigenvalue weighted by molar-refractivity contribution is -0.138. The molecule has 0 unspecified atom stereocenters. The second-order valence-electron chi connectivity index (χ2n) is 10.8. The van der Waals surface area contributed by atoms with Gasteiger partial charge in [0.15, 0.2) is 0 Å². The number of hydrogen-bond acceptors (Lipinski definition) is 8. The number of aliphatic hydroxyl groups is 4. The van der Waals surface area contributed by atoms with Crippen LogP contribution in [0.5, 0.6) is 11.5 Å². The summed E-state index contributed by atoms with van der Waals surface area (Å²) in [6.07, 6.45) is 0.970. The maximum atomic E-state index is 12.7. The van der Waals surface area contributed by atoms with Gasteiger partial charge in [0.2, 0.25) is 0 Å². The zero-order chi connectivity index (χ0) is 37.1. The number of carbonyl (C=O) groups is 2. The molecule has 4 N–H and O–H groups in total. The molecular weight excluding hydrogens is 629 g/mol. The predicted octanol–water partition coefficient (Wildman–Crippen LogP) is 7.01. The van der Waals surface area contributed by atoms with Crippen molar-refractivity contribution in [2.24, 2.45) is 5.92 Å². The van der Waals surface area contributed by atoms with Gasteiger partial charge in [0.1, 0.15) is 25.1 Å². The van der Waals surface area contributed by atoms with Crippen LogP contribution in [0.3, 0.4) is 0 Å². The number of alkyl halides is 3. The lowest BCUT2D eigenvalue weighted by Crippen LogP contribution is -2.17. The van der Waals surface area contributed by atoms with E-state index < -0.39 is 12.6 Å². The number of benzene rings is 2. The van der Waals surface area contributed by atoms with E-state index >= 15 is 0 Å². The van der Waals surface area contributed by atoms with Crippen molar-refractivity contribution in [1.29, 1.82) is 0 Å². The molecule has 3 rings (SSSR count). The van der Waals surface area contributed by atoms with Crippen molar-refractivity contribution in [3.05, 3.63) is 71.8 Å². The monoisotopic (exact) mass is 684 g/mol. The standard InChI is InChI=1S/C33H43F3O4.2CH4O.2CH2O/c1-4-26-17-28(9-10-32(26)27-7-5-25(6-8-27)11-14-33(34,35)36)29-18-30(39-15-12-23(2)21-37)20-31(19-29)40-16-13-24(3)22-38;4*1-2/h9-10,17-20,25,27,37-38H,2-8,11-16,21-22H2,1H3;2*2H,1H3;2*1H2. The number of hydrogen-bond donors (Lipinski definition) is 4. The van der Waals surface area contributed by atoms with Gasteiger partial charge in [-0.05, 0) is 95.9 Å². The molecule has 0 aliphatic heterocycles. The molecule has 8 nitrogen and oxygen atoms in total. The summed E-state index contributed by atoms with van der Waals surface area (Å²) >= 11 is 0. The van der Waals surface area contributed by atoms with E-state index in [-0.39, 0.29) is 25.6 Å². The SMILES string of the molecule is C=C(CO)CCOc1cc(OCCC(=C)CO)cc(-c2ccc(C3CCC(CCC(F)(F)F)CC3)c(CC)c2)c1.C=O.C=O.CO.CO. The van der Waals surface area contributed by atoms with E-state index in [1.807, 2.05) is 31.8 Å². The van der Waals surface area contributed by atoms with Crippen LogP contribution in [0.1, 0.15) is 75.3 Å². The summed E-state index contributed by atoms with van der Waals surface area (Å²) in [5, 5.41) is 32.4. The smallest absolute Gasteiger partial charge is 0.389 e. The molecule has 48 heavy (non-hydrogen) atoms. The Labute approximate surface area is 283 Å². The minimum atomic E-state index is -4.07. The Hall–Kier alpha value is -3.51. The molecule has 0 saturated heterocycles. The molecule has 2 aromatic carbocycles. The Morgan fingerprint density at radius 3 is 1.67 bits per heavy atom. The summed E-state index contributed by atoms with van der Waals surface area (Å²) in [4.78, 5) is 16.0. The van der Waals surface area contributed by atoms with Crippen LogP contribution in [0, 0.1) is 5.92 Å². The summed E-state index contributed by atoms with van der Waals surface area (Å²) < 4.78 is 49.9. The number of carbonyl (C=O) groups excluding carboxylic acids is 2. The number of ether oxygens (including phenoxy) is 2. The molecule has 0 radical (unpaired) electrons. The highest BCUT2D eigenvalue weighted by molar-refractivity contribution is 5.68. The summed E-state index contributed by atoms with van der Waals surface area (Å²) in [6.45, 7) is 14.4. The van der Waals surface area contributed by atoms with Crippen LogP contribution in [0.15, 0.2) is 60.7 Å². The fourth-order valence-electron chi connectivity index (χ4n) is 5.31. The molecule has 2 aromatic rings. The van der Waals surface area contributed by atoms with Crippen LogP contribution < -0.4 is 9.47 Å². The Kier molecular flexibility index (Phi) is 26.6. The van der Waals surface area contributed by atoms with E-state index in [0.717, 1.165) is 57.5 Å². The van der Waals surface area contributed by atoms with E-state index in [4.69, 9.17) is 29.3 Å². The van der Waals surface area contributed by atoms with Gasteiger partial charge in [-0.3, -0.25) is 0 Å². The molecular formula is C37H55F3O8. The maximum absolute atomic E-state index is 12.7. The van der Waals surface area contributed by atoms with E-state index in [9.17, 15) is 23.4 Å². The summed E-state index contributed by atoms with van der Waals surface area (Å²) in [5.41, 5.74) is 5.94. The van der Waals surface area contributed by atoms with Gasteiger partial charge in [-0.25, -0.2) is 0 Å². The van der Waals surface area contributed by atoms with Crippen LogP contribution in [-0.2, 0) is 16.0 Å². The van der Waals surface area contributed by atoms with Crippen LogP contribution in [0.25, 0.3) is 11.1 Å². The van der Waals surface area contributed by atoms with Crippen LogP contribution >= 0.6 is 0 Å². The van der Waals surface area contributed by atoms with E-state index in [1.54, 1.807) is 0 Å². The van der Waals surface area contributed by atoms with Gasteiger partial charge in [0.25, 0.3) is 0 Å². The zero-order valence-corrected chi connectivity index (χ0v) is 28.7. The van der Waals surface area contributed by atoms with Crippen molar-refractivity contribution in [2.75, 3.05) is 40.6 Å². The quantitative estimate of drug-likeness (QED) is 0.147. The Balaban J connectivity index is 0. The third-order valence-corrected chi connectivity index (χ3v) is 7.76. The third-order valence-electron chi connectivity index (χ3n) is 7.76. The van der Waals surface area contributed by atoms with Gasteiger partial charge in [-0.15, -0.1) is 0 Å². The highest BCUT2D eigenvalue weighted by Crippen LogP contribution is 2.41. The average molecular weight is 685 g/mol. The van der Waals surface area contributed by atoms with Gasteiger partial charge in [-0.2, -0.15) is 13.2 Å². The number of aryl methyl sites for hydroxylation is 1.